The van der Waals surface area contributed by atoms with Crippen molar-refractivity contribution in [2.75, 3.05) is 0 Å². The molecule has 2 heterocycles. The van der Waals surface area contributed by atoms with Crippen molar-refractivity contribution >= 4 is 5.78 Å². The van der Waals surface area contributed by atoms with E-state index in [9.17, 15) is 4.79 Å². The Kier molecular flexibility index (Phi) is 2.49. The maximum atomic E-state index is 12.5. The van der Waals surface area contributed by atoms with Gasteiger partial charge in [0.2, 0.25) is 0 Å². The summed E-state index contributed by atoms with van der Waals surface area (Å²) in [5.41, 5.74) is 2.63. The molecule has 3 nitrogen and oxygen atoms in total. The van der Waals surface area contributed by atoms with E-state index in [1.165, 1.54) is 5.57 Å². The monoisotopic (exact) mass is 246 g/mol. The third-order valence-electron chi connectivity index (χ3n) is 3.99. The fourth-order valence-electron chi connectivity index (χ4n) is 2.78. The number of allylic oxidation sites excluding steroid dienone is 2. The average Bonchev–Trinajstić information content (AvgIpc) is 2.84. The second-order valence-corrected chi connectivity index (χ2v) is 5.66. The average molecular weight is 246 g/mol. The molecule has 2 atom stereocenters. The number of epoxide rings is 1. The minimum absolute atomic E-state index is 0.0912. The molecule has 1 saturated heterocycles. The number of carbonyl (C=O) groups excluding carboxylic acids is 1. The Balaban J connectivity index is 2.05. The highest BCUT2D eigenvalue weighted by Crippen LogP contribution is 2.43. The molecular weight excluding hydrogens is 228 g/mol. The van der Waals surface area contributed by atoms with Crippen molar-refractivity contribution in [3.05, 3.63) is 34.8 Å². The number of furan rings is 1. The number of aryl methyl sites for hydroxylation is 1. The van der Waals surface area contributed by atoms with Crippen LogP contribution in [0, 0.1) is 6.92 Å². The van der Waals surface area contributed by atoms with E-state index in [0.29, 0.717) is 0 Å². The molecule has 2 aliphatic rings. The topological polar surface area (TPSA) is 42.7 Å². The van der Waals surface area contributed by atoms with Gasteiger partial charge < -0.3 is 9.15 Å². The Morgan fingerprint density at radius 1 is 1.39 bits per heavy atom. The van der Waals surface area contributed by atoms with Gasteiger partial charge in [0.15, 0.2) is 5.78 Å². The first kappa shape index (κ1) is 11.7. The van der Waals surface area contributed by atoms with Gasteiger partial charge in [-0.3, -0.25) is 4.79 Å². The zero-order valence-corrected chi connectivity index (χ0v) is 11.1. The van der Waals surface area contributed by atoms with E-state index in [1.807, 2.05) is 13.8 Å². The van der Waals surface area contributed by atoms with Crippen LogP contribution in [0.15, 0.2) is 22.3 Å². The Morgan fingerprint density at radius 2 is 2.17 bits per heavy atom. The Hall–Kier alpha value is -1.35. The van der Waals surface area contributed by atoms with Crippen LogP contribution in [-0.2, 0) is 11.2 Å². The molecular formula is C15H18O3. The van der Waals surface area contributed by atoms with Crippen LogP contribution in [0.1, 0.15) is 48.4 Å². The van der Waals surface area contributed by atoms with E-state index < -0.39 is 0 Å². The molecule has 0 amide bonds. The molecule has 3 rings (SSSR count). The lowest BCUT2D eigenvalue weighted by atomic mass is 9.91. The first-order valence-corrected chi connectivity index (χ1v) is 6.46. The van der Waals surface area contributed by atoms with Crippen LogP contribution in [0.2, 0.25) is 0 Å². The molecule has 1 fully saturated rings. The highest BCUT2D eigenvalue weighted by molar-refractivity contribution is 6.04. The lowest BCUT2D eigenvalue weighted by molar-refractivity contribution is 0.0951. The summed E-state index contributed by atoms with van der Waals surface area (Å²) in [4.78, 5) is 12.5. The lowest BCUT2D eigenvalue weighted by Crippen LogP contribution is -2.20. The summed E-state index contributed by atoms with van der Waals surface area (Å²) in [5.74, 6) is 0.874. The second-order valence-electron chi connectivity index (χ2n) is 5.66. The second kappa shape index (κ2) is 3.82. The van der Waals surface area contributed by atoms with Gasteiger partial charge in [-0.05, 0) is 39.2 Å². The molecule has 0 spiro atoms. The minimum atomic E-state index is -0.278. The van der Waals surface area contributed by atoms with Crippen LogP contribution in [0.25, 0.3) is 0 Å². The predicted molar refractivity (Wildman–Crippen MR) is 67.7 cm³/mol. The number of Topliss-reactive ketones (excluding diaryl/α,β-unsaturated/α-hetero) is 1. The zero-order valence-electron chi connectivity index (χ0n) is 11.1. The minimum Gasteiger partial charge on any atom is -0.468 e. The fraction of sp³-hybridized carbons (Fsp3) is 0.533. The van der Waals surface area contributed by atoms with E-state index in [1.54, 1.807) is 6.26 Å². The van der Waals surface area contributed by atoms with E-state index >= 15 is 0 Å². The molecule has 0 saturated carbocycles. The van der Waals surface area contributed by atoms with Crippen molar-refractivity contribution in [2.24, 2.45) is 0 Å². The number of rotatable bonds is 0. The van der Waals surface area contributed by atoms with Gasteiger partial charge in [0.1, 0.15) is 17.5 Å². The summed E-state index contributed by atoms with van der Waals surface area (Å²) in [5, 5.41) is 0. The normalized spacial score (nSPS) is 34.3. The largest absolute Gasteiger partial charge is 0.468 e. The van der Waals surface area contributed by atoms with Gasteiger partial charge in [-0.25, -0.2) is 0 Å². The number of carbonyl (C=O) groups is 1. The van der Waals surface area contributed by atoms with Crippen molar-refractivity contribution in [3.63, 3.8) is 0 Å². The summed E-state index contributed by atoms with van der Waals surface area (Å²) in [6, 6.07) is 0. The number of hydrogen-bond acceptors (Lipinski definition) is 3. The molecule has 1 aromatic heterocycles. The first-order chi connectivity index (χ1) is 8.51. The van der Waals surface area contributed by atoms with Crippen molar-refractivity contribution in [1.29, 1.82) is 0 Å². The van der Waals surface area contributed by atoms with Crippen molar-refractivity contribution in [3.8, 4) is 0 Å². The quantitative estimate of drug-likeness (QED) is 0.521. The molecule has 18 heavy (non-hydrogen) atoms. The van der Waals surface area contributed by atoms with Gasteiger partial charge in [-0.15, -0.1) is 0 Å². The fourth-order valence-corrected chi connectivity index (χ4v) is 2.78. The van der Waals surface area contributed by atoms with Crippen LogP contribution < -0.4 is 0 Å². The smallest absolute Gasteiger partial charge is 0.198 e. The van der Waals surface area contributed by atoms with Crippen LogP contribution in [-0.4, -0.2) is 17.5 Å². The third kappa shape index (κ3) is 1.74. The summed E-state index contributed by atoms with van der Waals surface area (Å²) in [7, 11) is 0. The van der Waals surface area contributed by atoms with Crippen molar-refractivity contribution in [2.45, 2.75) is 51.7 Å². The predicted octanol–water partition coefficient (Wildman–Crippen LogP) is 3.21. The molecule has 3 heteroatoms. The number of ether oxygens (including phenoxy) is 1. The number of fused-ring (bicyclic) bond motifs is 2. The van der Waals surface area contributed by atoms with E-state index in [4.69, 9.17) is 9.15 Å². The zero-order chi connectivity index (χ0) is 12.9. The van der Waals surface area contributed by atoms with Gasteiger partial charge in [-0.1, -0.05) is 11.6 Å². The molecule has 0 N–H and O–H groups in total. The highest BCUT2D eigenvalue weighted by atomic mass is 16.6. The SMILES string of the molecule is C/C1=C\CCC2(C)O[C@@H]2C(=O)c2c(C)coc2C1. The van der Waals surface area contributed by atoms with E-state index in [-0.39, 0.29) is 17.5 Å². The molecule has 0 radical (unpaired) electrons. The van der Waals surface area contributed by atoms with Crippen LogP contribution in [0.4, 0.5) is 0 Å². The lowest BCUT2D eigenvalue weighted by Gasteiger charge is -2.08. The molecule has 96 valence electrons. The molecule has 1 aliphatic carbocycles. The summed E-state index contributed by atoms with van der Waals surface area (Å²) in [6.45, 7) is 6.03. The molecule has 1 aromatic rings. The van der Waals surface area contributed by atoms with Crippen molar-refractivity contribution in [1.82, 2.24) is 0 Å². The van der Waals surface area contributed by atoms with Gasteiger partial charge >= 0.3 is 0 Å². The van der Waals surface area contributed by atoms with Gasteiger partial charge in [-0.2, -0.15) is 0 Å². The maximum Gasteiger partial charge on any atom is 0.198 e. The Morgan fingerprint density at radius 3 is 2.94 bits per heavy atom. The van der Waals surface area contributed by atoms with Crippen LogP contribution in [0.3, 0.4) is 0 Å². The summed E-state index contributed by atoms with van der Waals surface area (Å²) in [6.07, 6.45) is 6.21. The summed E-state index contributed by atoms with van der Waals surface area (Å²) < 4.78 is 11.2. The standard InChI is InChI=1S/C15H18O3/c1-9-5-4-6-15(3)14(18-15)13(16)12-10(2)8-17-11(12)7-9/h5,8,14H,4,6-7H2,1-3H3/b9-5+/t14-,15?/m1/s1. The molecule has 1 unspecified atom stereocenters. The highest BCUT2D eigenvalue weighted by Gasteiger charge is 2.56. The molecule has 0 aromatic carbocycles. The third-order valence-corrected chi connectivity index (χ3v) is 3.99. The van der Waals surface area contributed by atoms with Crippen LogP contribution in [0.5, 0.6) is 0 Å². The van der Waals surface area contributed by atoms with Gasteiger partial charge in [0.05, 0.1) is 11.8 Å². The van der Waals surface area contributed by atoms with Crippen LogP contribution >= 0.6 is 0 Å². The number of ketones is 1. The maximum absolute atomic E-state index is 12.5. The Labute approximate surface area is 107 Å². The number of hydrogen-bond donors (Lipinski definition) is 0. The summed E-state index contributed by atoms with van der Waals surface area (Å²) >= 11 is 0. The van der Waals surface area contributed by atoms with Gasteiger partial charge in [0, 0.05) is 6.42 Å². The molecule has 1 aliphatic heterocycles. The first-order valence-electron chi connectivity index (χ1n) is 6.46. The molecule has 0 bridgehead atoms. The van der Waals surface area contributed by atoms with E-state index in [2.05, 4.69) is 13.0 Å². The van der Waals surface area contributed by atoms with E-state index in [0.717, 1.165) is 36.1 Å². The Bertz CT molecular complexity index is 538. The van der Waals surface area contributed by atoms with Gasteiger partial charge in [0.25, 0.3) is 0 Å². The van der Waals surface area contributed by atoms with Crippen molar-refractivity contribution < 1.29 is 13.9 Å².